The molecule has 1 amide bonds. The minimum Gasteiger partial charge on any atom is -0.361 e. The predicted molar refractivity (Wildman–Crippen MR) is 96.3 cm³/mol. The molecule has 130 valence electrons. The standard InChI is InChI=1S/C19H23N5O/c1-12(2)8-16-10-23(11-18-22-21-13(3)24(16)18)19(25)15-4-5-17-14(9-15)6-7-20-17/h4-7,9,12,16,20H,8,10-11H2,1-3H3/t16-/m0/s1. The van der Waals surface area contributed by atoms with Crippen LogP contribution in [0.5, 0.6) is 0 Å². The van der Waals surface area contributed by atoms with Gasteiger partial charge in [-0.05, 0) is 43.5 Å². The van der Waals surface area contributed by atoms with Gasteiger partial charge in [0.1, 0.15) is 5.82 Å². The minimum atomic E-state index is 0.0590. The molecule has 0 spiro atoms. The number of fused-ring (bicyclic) bond motifs is 2. The monoisotopic (exact) mass is 337 g/mol. The Labute approximate surface area is 146 Å². The summed E-state index contributed by atoms with van der Waals surface area (Å²) in [7, 11) is 0. The van der Waals surface area contributed by atoms with Gasteiger partial charge in [-0.3, -0.25) is 4.79 Å². The fourth-order valence-electron chi connectivity index (χ4n) is 3.81. The maximum Gasteiger partial charge on any atom is 0.254 e. The van der Waals surface area contributed by atoms with Crippen molar-refractivity contribution in [1.82, 2.24) is 24.6 Å². The number of hydrogen-bond acceptors (Lipinski definition) is 3. The highest BCUT2D eigenvalue weighted by Gasteiger charge is 2.31. The van der Waals surface area contributed by atoms with Crippen LogP contribution in [0.3, 0.4) is 0 Å². The van der Waals surface area contributed by atoms with Crippen molar-refractivity contribution in [2.75, 3.05) is 6.54 Å². The number of aromatic amines is 1. The Bertz CT molecular complexity index is 923. The smallest absolute Gasteiger partial charge is 0.254 e. The number of nitrogens with one attached hydrogen (secondary N) is 1. The molecule has 0 radical (unpaired) electrons. The van der Waals surface area contributed by atoms with Gasteiger partial charge in [0.2, 0.25) is 0 Å². The van der Waals surface area contributed by atoms with Crippen LogP contribution < -0.4 is 0 Å². The summed E-state index contributed by atoms with van der Waals surface area (Å²) in [5.41, 5.74) is 1.77. The molecule has 1 aliphatic rings. The Balaban J connectivity index is 1.64. The minimum absolute atomic E-state index is 0.0590. The van der Waals surface area contributed by atoms with Gasteiger partial charge in [0.05, 0.1) is 12.6 Å². The topological polar surface area (TPSA) is 66.8 Å². The Kier molecular flexibility index (Phi) is 3.82. The molecule has 4 rings (SSSR count). The van der Waals surface area contributed by atoms with Crippen molar-refractivity contribution in [1.29, 1.82) is 0 Å². The lowest BCUT2D eigenvalue weighted by molar-refractivity contribution is 0.0661. The molecule has 3 heterocycles. The van der Waals surface area contributed by atoms with Crippen LogP contribution in [0.2, 0.25) is 0 Å². The summed E-state index contributed by atoms with van der Waals surface area (Å²) in [4.78, 5) is 18.1. The quantitative estimate of drug-likeness (QED) is 0.797. The van der Waals surface area contributed by atoms with E-state index in [0.29, 0.717) is 19.0 Å². The van der Waals surface area contributed by atoms with E-state index in [4.69, 9.17) is 0 Å². The zero-order valence-corrected chi connectivity index (χ0v) is 14.9. The molecule has 6 heteroatoms. The van der Waals surface area contributed by atoms with E-state index in [-0.39, 0.29) is 11.9 Å². The third kappa shape index (κ3) is 2.81. The van der Waals surface area contributed by atoms with Crippen molar-refractivity contribution < 1.29 is 4.79 Å². The lowest BCUT2D eigenvalue weighted by Gasteiger charge is -2.35. The molecule has 0 bridgehead atoms. The summed E-state index contributed by atoms with van der Waals surface area (Å²) in [6.07, 6.45) is 2.90. The van der Waals surface area contributed by atoms with Gasteiger partial charge in [0, 0.05) is 29.2 Å². The molecular formula is C19H23N5O. The number of hydrogen-bond donors (Lipinski definition) is 1. The Hall–Kier alpha value is -2.63. The summed E-state index contributed by atoms with van der Waals surface area (Å²) in [5, 5.41) is 9.58. The van der Waals surface area contributed by atoms with Gasteiger partial charge in [-0.25, -0.2) is 0 Å². The number of benzene rings is 1. The second kappa shape index (κ2) is 6.02. The van der Waals surface area contributed by atoms with Crippen LogP contribution in [-0.4, -0.2) is 37.1 Å². The number of amides is 1. The molecule has 0 saturated heterocycles. The van der Waals surface area contributed by atoms with E-state index >= 15 is 0 Å². The van der Waals surface area contributed by atoms with Crippen molar-refractivity contribution in [2.45, 2.75) is 39.8 Å². The van der Waals surface area contributed by atoms with E-state index < -0.39 is 0 Å². The zero-order valence-electron chi connectivity index (χ0n) is 14.9. The predicted octanol–water partition coefficient (Wildman–Crippen LogP) is 3.31. The SMILES string of the molecule is Cc1nnc2n1[C@@H](CC(C)C)CN(C(=O)c1ccc3[nH]ccc3c1)C2. The van der Waals surface area contributed by atoms with E-state index in [0.717, 1.165) is 34.5 Å². The normalized spacial score (nSPS) is 17.3. The number of H-pyrrole nitrogens is 1. The molecule has 3 aromatic rings. The van der Waals surface area contributed by atoms with Crippen molar-refractivity contribution >= 4 is 16.8 Å². The fraction of sp³-hybridized carbons (Fsp3) is 0.421. The number of aryl methyl sites for hydroxylation is 1. The molecule has 0 aliphatic carbocycles. The van der Waals surface area contributed by atoms with Gasteiger partial charge in [-0.15, -0.1) is 10.2 Å². The maximum absolute atomic E-state index is 13.1. The summed E-state index contributed by atoms with van der Waals surface area (Å²) in [6, 6.07) is 8.03. The first-order valence-electron chi connectivity index (χ1n) is 8.79. The molecule has 0 saturated carbocycles. The van der Waals surface area contributed by atoms with E-state index in [1.165, 1.54) is 0 Å². The van der Waals surface area contributed by atoms with E-state index in [1.54, 1.807) is 0 Å². The van der Waals surface area contributed by atoms with Gasteiger partial charge >= 0.3 is 0 Å². The molecule has 1 aromatic carbocycles. The first-order chi connectivity index (χ1) is 12.0. The highest BCUT2D eigenvalue weighted by atomic mass is 16.2. The summed E-state index contributed by atoms with van der Waals surface area (Å²) < 4.78 is 2.21. The molecule has 1 aliphatic heterocycles. The van der Waals surface area contributed by atoms with Crippen molar-refractivity contribution in [3.8, 4) is 0 Å². The average Bonchev–Trinajstić information content (AvgIpc) is 3.19. The van der Waals surface area contributed by atoms with Crippen LogP contribution >= 0.6 is 0 Å². The van der Waals surface area contributed by atoms with Gasteiger partial charge in [0.15, 0.2) is 5.82 Å². The van der Waals surface area contributed by atoms with E-state index in [2.05, 4.69) is 33.6 Å². The number of rotatable bonds is 3. The zero-order chi connectivity index (χ0) is 17.6. The van der Waals surface area contributed by atoms with Gasteiger partial charge in [-0.2, -0.15) is 0 Å². The maximum atomic E-state index is 13.1. The van der Waals surface area contributed by atoms with Crippen LogP contribution in [0.25, 0.3) is 10.9 Å². The molecule has 1 N–H and O–H groups in total. The average molecular weight is 337 g/mol. The van der Waals surface area contributed by atoms with Crippen molar-refractivity contribution in [2.24, 2.45) is 5.92 Å². The largest absolute Gasteiger partial charge is 0.361 e. The number of carbonyl (C=O) groups excluding carboxylic acids is 1. The third-order valence-electron chi connectivity index (χ3n) is 4.90. The van der Waals surface area contributed by atoms with Gasteiger partial charge in [-0.1, -0.05) is 13.8 Å². The summed E-state index contributed by atoms with van der Waals surface area (Å²) in [5.74, 6) is 2.42. The number of nitrogens with zero attached hydrogens (tertiary/aromatic N) is 4. The third-order valence-corrected chi connectivity index (χ3v) is 4.90. The van der Waals surface area contributed by atoms with Crippen LogP contribution in [-0.2, 0) is 6.54 Å². The number of aromatic nitrogens is 4. The van der Waals surface area contributed by atoms with Crippen LogP contribution in [0, 0.1) is 12.8 Å². The summed E-state index contributed by atoms with van der Waals surface area (Å²) in [6.45, 7) is 7.62. The highest BCUT2D eigenvalue weighted by Crippen LogP contribution is 2.28. The number of carbonyl (C=O) groups is 1. The first-order valence-corrected chi connectivity index (χ1v) is 8.79. The van der Waals surface area contributed by atoms with E-state index in [9.17, 15) is 4.79 Å². The second-order valence-corrected chi connectivity index (χ2v) is 7.28. The van der Waals surface area contributed by atoms with Gasteiger partial charge in [0.25, 0.3) is 5.91 Å². The molecule has 0 unspecified atom stereocenters. The van der Waals surface area contributed by atoms with E-state index in [1.807, 2.05) is 42.3 Å². The molecule has 25 heavy (non-hydrogen) atoms. The highest BCUT2D eigenvalue weighted by molar-refractivity contribution is 5.98. The van der Waals surface area contributed by atoms with Crippen molar-refractivity contribution in [3.63, 3.8) is 0 Å². The Morgan fingerprint density at radius 3 is 2.96 bits per heavy atom. The van der Waals surface area contributed by atoms with Crippen molar-refractivity contribution in [3.05, 3.63) is 47.7 Å². The molecular weight excluding hydrogens is 314 g/mol. The Morgan fingerprint density at radius 1 is 1.32 bits per heavy atom. The van der Waals surface area contributed by atoms with Crippen LogP contribution in [0.15, 0.2) is 30.5 Å². The second-order valence-electron chi connectivity index (χ2n) is 7.28. The van der Waals surface area contributed by atoms with Gasteiger partial charge < -0.3 is 14.5 Å². The molecule has 6 nitrogen and oxygen atoms in total. The fourth-order valence-corrected chi connectivity index (χ4v) is 3.81. The summed E-state index contributed by atoms with van der Waals surface area (Å²) >= 11 is 0. The molecule has 0 fully saturated rings. The lowest BCUT2D eigenvalue weighted by Crippen LogP contribution is -2.42. The van der Waals surface area contributed by atoms with Crippen LogP contribution in [0.4, 0.5) is 0 Å². The molecule has 1 atom stereocenters. The van der Waals surface area contributed by atoms with Crippen LogP contribution in [0.1, 0.15) is 48.3 Å². The lowest BCUT2D eigenvalue weighted by atomic mass is 10.0. The Morgan fingerprint density at radius 2 is 2.16 bits per heavy atom. The molecule has 2 aromatic heterocycles. The first kappa shape index (κ1) is 15.9.